The van der Waals surface area contributed by atoms with E-state index in [1.165, 1.54) is 108 Å². The summed E-state index contributed by atoms with van der Waals surface area (Å²) in [7, 11) is 0. The number of unbranched alkanes of at least 4 members (excludes halogenated alkanes) is 16. The molecule has 0 N–H and O–H groups in total. The molecule has 0 saturated carbocycles. The van der Waals surface area contributed by atoms with E-state index in [1.807, 2.05) is 0 Å². The van der Waals surface area contributed by atoms with Crippen molar-refractivity contribution in [3.05, 3.63) is 46.7 Å². The topological polar surface area (TPSA) is 0 Å². The maximum Gasteiger partial charge on any atom is 0.0540 e. The summed E-state index contributed by atoms with van der Waals surface area (Å²) >= 11 is 1.62. The summed E-state index contributed by atoms with van der Waals surface area (Å²) in [6, 6.07) is 10.5. The van der Waals surface area contributed by atoms with Crippen molar-refractivity contribution in [2.24, 2.45) is 0 Å². The van der Waals surface area contributed by atoms with Crippen LogP contribution in [0.25, 0.3) is 11.1 Å². The number of rotatable bonds is 17. The highest BCUT2D eigenvalue weighted by atomic mass is 32.1. The van der Waals surface area contributed by atoms with Crippen LogP contribution in [0, 0.1) is 17.2 Å². The van der Waals surface area contributed by atoms with Gasteiger partial charge in [-0.05, 0) is 12.0 Å². The van der Waals surface area contributed by atoms with Gasteiger partial charge < -0.3 is 0 Å². The molecule has 1 heteroatoms. The fourth-order valence-corrected chi connectivity index (χ4v) is 4.79. The van der Waals surface area contributed by atoms with E-state index in [9.17, 15) is 0 Å². The molecule has 0 bridgehead atoms. The van der Waals surface area contributed by atoms with E-state index in [4.69, 9.17) is 0 Å². The van der Waals surface area contributed by atoms with Crippen molar-refractivity contribution in [1.29, 1.82) is 0 Å². The Labute approximate surface area is 196 Å². The summed E-state index contributed by atoms with van der Waals surface area (Å²) in [6.07, 6.45) is 23.7. The van der Waals surface area contributed by atoms with Crippen molar-refractivity contribution >= 4 is 11.3 Å². The summed E-state index contributed by atoms with van der Waals surface area (Å²) in [5.41, 5.74) is 3.51. The van der Waals surface area contributed by atoms with E-state index >= 15 is 0 Å². The second kappa shape index (κ2) is 18.1. The standard InChI is InChI=1S/C30H43S/c1-2-3-4-5-6-7-8-9-10-11-12-13-14-15-16-17-18-20-25-29-26-31-27-30(29)28-23-21-19-22-24-28/h19,21-24,26H,2-18H2,1H3. The van der Waals surface area contributed by atoms with E-state index in [2.05, 4.69) is 59.9 Å². The van der Waals surface area contributed by atoms with Crippen LogP contribution in [0.3, 0.4) is 0 Å². The van der Waals surface area contributed by atoms with Crippen molar-refractivity contribution in [3.63, 3.8) is 0 Å². The lowest BCUT2D eigenvalue weighted by Crippen LogP contribution is -1.83. The molecule has 0 nitrogen and oxygen atoms in total. The molecule has 0 spiro atoms. The molecular weight excluding hydrogens is 392 g/mol. The van der Waals surface area contributed by atoms with Gasteiger partial charge in [0.05, 0.1) is 5.38 Å². The predicted octanol–water partition coefficient (Wildman–Crippen LogP) is 10.2. The van der Waals surface area contributed by atoms with Crippen LogP contribution < -0.4 is 0 Å². The Morgan fingerprint density at radius 2 is 1.19 bits per heavy atom. The van der Waals surface area contributed by atoms with Crippen LogP contribution in [-0.4, -0.2) is 0 Å². The molecule has 1 aromatic carbocycles. The van der Waals surface area contributed by atoms with Crippen molar-refractivity contribution in [2.75, 3.05) is 0 Å². The number of benzene rings is 1. The zero-order chi connectivity index (χ0) is 21.8. The molecule has 1 heterocycles. The minimum absolute atomic E-state index is 1.02. The summed E-state index contributed by atoms with van der Waals surface area (Å²) in [6.45, 7) is 2.29. The molecule has 31 heavy (non-hydrogen) atoms. The molecular formula is C30H43S. The van der Waals surface area contributed by atoms with Crippen molar-refractivity contribution in [3.8, 4) is 23.0 Å². The van der Waals surface area contributed by atoms with Gasteiger partial charge in [-0.3, -0.25) is 0 Å². The molecule has 2 aromatic rings. The first-order valence-electron chi connectivity index (χ1n) is 12.9. The fraction of sp³-hybridized carbons (Fsp3) is 0.600. The molecule has 0 unspecified atom stereocenters. The Bertz CT molecular complexity index is 716. The van der Waals surface area contributed by atoms with Crippen molar-refractivity contribution < 1.29 is 0 Å². The third-order valence-electron chi connectivity index (χ3n) is 6.05. The van der Waals surface area contributed by atoms with Gasteiger partial charge in [0.15, 0.2) is 0 Å². The first-order chi connectivity index (χ1) is 15.4. The molecule has 0 aliphatic carbocycles. The largest absolute Gasteiger partial charge is 0.141 e. The van der Waals surface area contributed by atoms with Crippen LogP contribution >= 0.6 is 11.3 Å². The molecule has 0 saturated heterocycles. The smallest absolute Gasteiger partial charge is 0.0540 e. The van der Waals surface area contributed by atoms with Gasteiger partial charge in [0.1, 0.15) is 0 Å². The van der Waals surface area contributed by atoms with Crippen molar-refractivity contribution in [1.82, 2.24) is 0 Å². The molecule has 1 aromatic heterocycles. The van der Waals surface area contributed by atoms with Gasteiger partial charge in [-0.2, -0.15) is 0 Å². The molecule has 0 atom stereocenters. The summed E-state index contributed by atoms with van der Waals surface area (Å²) in [5.74, 6) is 6.76. The quantitative estimate of drug-likeness (QED) is 0.171. The molecule has 2 rings (SSSR count). The Kier molecular flexibility index (Phi) is 15.0. The highest BCUT2D eigenvalue weighted by Crippen LogP contribution is 2.25. The second-order valence-corrected chi connectivity index (χ2v) is 9.52. The molecule has 0 amide bonds. The summed E-state index contributed by atoms with van der Waals surface area (Å²) in [4.78, 5) is 0. The second-order valence-electron chi connectivity index (χ2n) is 8.85. The Morgan fingerprint density at radius 3 is 1.74 bits per heavy atom. The molecule has 0 fully saturated rings. The predicted molar refractivity (Wildman–Crippen MR) is 140 cm³/mol. The average molecular weight is 436 g/mol. The zero-order valence-corrected chi connectivity index (χ0v) is 20.7. The first kappa shape index (κ1) is 25.7. The number of hydrogen-bond acceptors (Lipinski definition) is 1. The highest BCUT2D eigenvalue weighted by Gasteiger charge is 2.03. The van der Waals surface area contributed by atoms with Gasteiger partial charge in [0.25, 0.3) is 0 Å². The van der Waals surface area contributed by atoms with Gasteiger partial charge in [0, 0.05) is 22.9 Å². The average Bonchev–Trinajstić information content (AvgIpc) is 3.27. The van der Waals surface area contributed by atoms with Crippen molar-refractivity contribution in [2.45, 2.75) is 116 Å². The maximum atomic E-state index is 3.38. The lowest BCUT2D eigenvalue weighted by atomic mass is 10.0. The zero-order valence-electron chi connectivity index (χ0n) is 19.9. The molecule has 0 aliphatic heterocycles. The first-order valence-corrected chi connectivity index (χ1v) is 13.8. The van der Waals surface area contributed by atoms with Gasteiger partial charge in [-0.1, -0.05) is 145 Å². The SMILES string of the molecule is CCCCCCCCCCCCCCCCCCC#Cc1cs[c]c1-c1ccccc1. The lowest BCUT2D eigenvalue weighted by Gasteiger charge is -2.03. The molecule has 1 radical (unpaired) electrons. The normalized spacial score (nSPS) is 10.7. The van der Waals surface area contributed by atoms with E-state index in [1.54, 1.807) is 11.3 Å². The van der Waals surface area contributed by atoms with Gasteiger partial charge >= 0.3 is 0 Å². The van der Waals surface area contributed by atoms with Crippen LogP contribution in [0.2, 0.25) is 0 Å². The monoisotopic (exact) mass is 435 g/mol. The van der Waals surface area contributed by atoms with E-state index < -0.39 is 0 Å². The molecule has 0 aliphatic rings. The van der Waals surface area contributed by atoms with Crippen LogP contribution in [0.1, 0.15) is 122 Å². The number of hydrogen-bond donors (Lipinski definition) is 0. The third kappa shape index (κ3) is 12.2. The van der Waals surface area contributed by atoms with Crippen LogP contribution in [0.5, 0.6) is 0 Å². The molecule has 169 valence electrons. The van der Waals surface area contributed by atoms with E-state index in [0.29, 0.717) is 0 Å². The van der Waals surface area contributed by atoms with Crippen LogP contribution in [0.15, 0.2) is 35.7 Å². The minimum Gasteiger partial charge on any atom is -0.141 e. The Hall–Kier alpha value is -1.52. The summed E-state index contributed by atoms with van der Waals surface area (Å²) < 4.78 is 0. The number of thiophene rings is 1. The van der Waals surface area contributed by atoms with E-state index in [0.717, 1.165) is 17.5 Å². The maximum absolute atomic E-state index is 3.38. The van der Waals surface area contributed by atoms with Gasteiger partial charge in [-0.25, -0.2) is 0 Å². The fourth-order valence-electron chi connectivity index (χ4n) is 4.09. The van der Waals surface area contributed by atoms with E-state index in [-0.39, 0.29) is 0 Å². The van der Waals surface area contributed by atoms with Crippen LogP contribution in [-0.2, 0) is 0 Å². The Balaban J connectivity index is 1.39. The minimum atomic E-state index is 1.02. The summed E-state index contributed by atoms with van der Waals surface area (Å²) in [5, 5.41) is 5.50. The Morgan fingerprint density at radius 1 is 0.677 bits per heavy atom. The van der Waals surface area contributed by atoms with Gasteiger partial charge in [0.2, 0.25) is 0 Å². The van der Waals surface area contributed by atoms with Gasteiger partial charge in [-0.15, -0.1) is 11.3 Å². The highest BCUT2D eigenvalue weighted by molar-refractivity contribution is 7.08. The lowest BCUT2D eigenvalue weighted by molar-refractivity contribution is 0.530. The third-order valence-corrected chi connectivity index (χ3v) is 6.72. The van der Waals surface area contributed by atoms with Crippen LogP contribution in [0.4, 0.5) is 0 Å².